The maximum Gasteiger partial charge on any atom is 0.305 e. The van der Waals surface area contributed by atoms with Crippen molar-refractivity contribution in [2.24, 2.45) is 0 Å². The molecule has 0 saturated heterocycles. The van der Waals surface area contributed by atoms with Gasteiger partial charge in [0.25, 0.3) is 5.91 Å². The average Bonchev–Trinajstić information content (AvgIpc) is 2.53. The summed E-state index contributed by atoms with van der Waals surface area (Å²) in [6.45, 7) is 4.65. The average molecular weight is 323 g/mol. The van der Waals surface area contributed by atoms with Gasteiger partial charge in [0.2, 0.25) is 5.75 Å². The third kappa shape index (κ3) is 3.85. The van der Waals surface area contributed by atoms with Gasteiger partial charge in [0.05, 0.1) is 13.5 Å². The van der Waals surface area contributed by atoms with Crippen molar-refractivity contribution in [1.29, 1.82) is 0 Å². The Bertz CT molecular complexity index is 581. The van der Waals surface area contributed by atoms with Gasteiger partial charge in [0.15, 0.2) is 11.5 Å². The second-order valence-corrected chi connectivity index (χ2v) is 5.44. The van der Waals surface area contributed by atoms with Gasteiger partial charge in [-0.2, -0.15) is 0 Å². The van der Waals surface area contributed by atoms with Crippen LogP contribution in [-0.4, -0.2) is 54.8 Å². The minimum Gasteiger partial charge on any atom is -0.493 e. The molecule has 23 heavy (non-hydrogen) atoms. The van der Waals surface area contributed by atoms with Crippen molar-refractivity contribution in [2.45, 2.75) is 26.3 Å². The Balaban J connectivity index is 2.31. The van der Waals surface area contributed by atoms with Crippen LogP contribution < -0.4 is 14.2 Å². The molecule has 0 fully saturated rings. The molecule has 1 heterocycles. The Morgan fingerprint density at radius 1 is 1.30 bits per heavy atom. The van der Waals surface area contributed by atoms with Crippen LogP contribution in [0.25, 0.3) is 0 Å². The normalized spacial score (nSPS) is 12.9. The number of carbonyl (C=O) groups is 2. The molecule has 1 aromatic rings. The van der Waals surface area contributed by atoms with Gasteiger partial charge in [-0.3, -0.25) is 9.59 Å². The van der Waals surface area contributed by atoms with E-state index in [-0.39, 0.29) is 24.9 Å². The molecule has 1 aliphatic rings. The number of aliphatic carboxylic acids is 1. The number of ether oxygens (including phenoxy) is 3. The van der Waals surface area contributed by atoms with Gasteiger partial charge in [-0.05, 0) is 26.0 Å². The zero-order valence-corrected chi connectivity index (χ0v) is 13.5. The highest BCUT2D eigenvalue weighted by molar-refractivity contribution is 5.96. The fourth-order valence-electron chi connectivity index (χ4n) is 2.37. The van der Waals surface area contributed by atoms with Crippen LogP contribution in [0.5, 0.6) is 17.2 Å². The molecule has 1 N–H and O–H groups in total. The van der Waals surface area contributed by atoms with Gasteiger partial charge >= 0.3 is 5.97 Å². The van der Waals surface area contributed by atoms with Gasteiger partial charge < -0.3 is 24.2 Å². The molecular formula is C16H21NO6. The van der Waals surface area contributed by atoms with E-state index in [0.717, 1.165) is 0 Å². The lowest BCUT2D eigenvalue weighted by Crippen LogP contribution is -2.38. The lowest BCUT2D eigenvalue weighted by Gasteiger charge is -2.27. The number of hydrogen-bond acceptors (Lipinski definition) is 5. The summed E-state index contributed by atoms with van der Waals surface area (Å²) in [6, 6.07) is 3.07. The molecule has 1 amide bonds. The van der Waals surface area contributed by atoms with Crippen molar-refractivity contribution in [2.75, 3.05) is 26.9 Å². The van der Waals surface area contributed by atoms with Crippen molar-refractivity contribution in [3.8, 4) is 17.2 Å². The molecule has 0 spiro atoms. The van der Waals surface area contributed by atoms with Crippen LogP contribution in [0.15, 0.2) is 12.1 Å². The molecule has 0 saturated carbocycles. The Morgan fingerprint density at radius 3 is 2.61 bits per heavy atom. The molecule has 0 unspecified atom stereocenters. The zero-order valence-electron chi connectivity index (χ0n) is 13.5. The highest BCUT2D eigenvalue weighted by Crippen LogP contribution is 2.40. The Labute approximate surface area is 134 Å². The molecule has 0 aliphatic carbocycles. The second kappa shape index (κ2) is 7.21. The van der Waals surface area contributed by atoms with Gasteiger partial charge in [0, 0.05) is 18.2 Å². The number of carboxylic acid groups (broad SMARTS) is 1. The summed E-state index contributed by atoms with van der Waals surface area (Å²) >= 11 is 0. The lowest BCUT2D eigenvalue weighted by molar-refractivity contribution is -0.137. The molecule has 1 aromatic carbocycles. The number of nitrogens with zero attached hydrogens (tertiary/aromatic N) is 1. The number of benzene rings is 1. The maximum absolute atomic E-state index is 12.7. The predicted octanol–water partition coefficient (Wildman–Crippen LogP) is 1.79. The number of hydrogen-bond donors (Lipinski definition) is 1. The van der Waals surface area contributed by atoms with E-state index in [1.54, 1.807) is 12.1 Å². The van der Waals surface area contributed by atoms with Crippen LogP contribution in [0, 0.1) is 0 Å². The molecular weight excluding hydrogens is 302 g/mol. The second-order valence-electron chi connectivity index (χ2n) is 5.44. The summed E-state index contributed by atoms with van der Waals surface area (Å²) in [4.78, 5) is 25.0. The quantitative estimate of drug-likeness (QED) is 0.859. The minimum atomic E-state index is -0.941. The van der Waals surface area contributed by atoms with E-state index >= 15 is 0 Å². The van der Waals surface area contributed by atoms with E-state index in [1.807, 2.05) is 13.8 Å². The number of fused-ring (bicyclic) bond motifs is 1. The summed E-state index contributed by atoms with van der Waals surface area (Å²) in [5.41, 5.74) is 0.380. The highest BCUT2D eigenvalue weighted by Gasteiger charge is 2.25. The van der Waals surface area contributed by atoms with Gasteiger partial charge in [-0.15, -0.1) is 0 Å². The van der Waals surface area contributed by atoms with Crippen molar-refractivity contribution in [3.05, 3.63) is 17.7 Å². The number of carbonyl (C=O) groups excluding carboxylic acids is 1. The topological polar surface area (TPSA) is 85.3 Å². The van der Waals surface area contributed by atoms with E-state index < -0.39 is 5.97 Å². The number of carboxylic acids is 1. The SMILES string of the molecule is COc1cc(C(=O)N(CCC(=O)O)C(C)C)cc2c1OCCO2. The van der Waals surface area contributed by atoms with Crippen molar-refractivity contribution >= 4 is 11.9 Å². The van der Waals surface area contributed by atoms with Crippen LogP contribution >= 0.6 is 0 Å². The lowest BCUT2D eigenvalue weighted by atomic mass is 10.1. The predicted molar refractivity (Wildman–Crippen MR) is 82.4 cm³/mol. The first kappa shape index (κ1) is 16.9. The molecule has 126 valence electrons. The van der Waals surface area contributed by atoms with Crippen LogP contribution in [0.2, 0.25) is 0 Å². The molecule has 0 aromatic heterocycles. The summed E-state index contributed by atoms with van der Waals surface area (Å²) in [5, 5.41) is 8.84. The molecule has 7 nitrogen and oxygen atoms in total. The number of rotatable bonds is 6. The van der Waals surface area contributed by atoms with Crippen LogP contribution in [0.4, 0.5) is 0 Å². The molecule has 2 rings (SSSR count). The largest absolute Gasteiger partial charge is 0.493 e. The minimum absolute atomic E-state index is 0.106. The number of amides is 1. The van der Waals surface area contributed by atoms with E-state index in [1.165, 1.54) is 12.0 Å². The Morgan fingerprint density at radius 2 is 2.00 bits per heavy atom. The smallest absolute Gasteiger partial charge is 0.305 e. The highest BCUT2D eigenvalue weighted by atomic mass is 16.6. The molecule has 1 aliphatic heterocycles. The number of methoxy groups -OCH3 is 1. The zero-order chi connectivity index (χ0) is 17.0. The van der Waals surface area contributed by atoms with Crippen LogP contribution in [-0.2, 0) is 4.79 Å². The monoisotopic (exact) mass is 323 g/mol. The third-order valence-corrected chi connectivity index (χ3v) is 3.53. The Hall–Kier alpha value is -2.44. The van der Waals surface area contributed by atoms with Crippen LogP contribution in [0.3, 0.4) is 0 Å². The summed E-state index contributed by atoms with van der Waals surface area (Å²) in [5.74, 6) is 0.157. The summed E-state index contributed by atoms with van der Waals surface area (Å²) in [7, 11) is 1.49. The first-order chi connectivity index (χ1) is 10.9. The van der Waals surface area contributed by atoms with Crippen molar-refractivity contribution in [1.82, 2.24) is 4.90 Å². The van der Waals surface area contributed by atoms with Gasteiger partial charge in [0.1, 0.15) is 13.2 Å². The van der Waals surface area contributed by atoms with E-state index in [9.17, 15) is 9.59 Å². The van der Waals surface area contributed by atoms with Gasteiger partial charge in [-0.1, -0.05) is 0 Å². The van der Waals surface area contributed by atoms with Crippen LogP contribution in [0.1, 0.15) is 30.6 Å². The Kier molecular flexibility index (Phi) is 5.31. The molecule has 0 atom stereocenters. The molecule has 0 bridgehead atoms. The van der Waals surface area contributed by atoms with Crippen molar-refractivity contribution < 1.29 is 28.9 Å². The van der Waals surface area contributed by atoms with Crippen molar-refractivity contribution in [3.63, 3.8) is 0 Å². The fourth-order valence-corrected chi connectivity index (χ4v) is 2.37. The standard InChI is InChI=1S/C16H21NO6/c1-10(2)17(5-4-14(18)19)16(20)11-8-12(21-3)15-13(9-11)22-6-7-23-15/h8-10H,4-7H2,1-3H3,(H,18,19). The van der Waals surface area contributed by atoms with Gasteiger partial charge in [-0.25, -0.2) is 0 Å². The molecule has 7 heteroatoms. The third-order valence-electron chi connectivity index (χ3n) is 3.53. The maximum atomic E-state index is 12.7. The summed E-state index contributed by atoms with van der Waals surface area (Å²) in [6.07, 6.45) is -0.106. The summed E-state index contributed by atoms with van der Waals surface area (Å²) < 4.78 is 16.3. The molecule has 0 radical (unpaired) electrons. The van der Waals surface area contributed by atoms with E-state index in [2.05, 4.69) is 0 Å². The first-order valence-electron chi connectivity index (χ1n) is 7.44. The van der Waals surface area contributed by atoms with E-state index in [0.29, 0.717) is 36.0 Å². The fraction of sp³-hybridized carbons (Fsp3) is 0.500. The first-order valence-corrected chi connectivity index (χ1v) is 7.44. The van der Waals surface area contributed by atoms with E-state index in [4.69, 9.17) is 19.3 Å².